The number of hydrogen-bond donors (Lipinski definition) is 2. The van der Waals surface area contributed by atoms with Gasteiger partial charge in [0.25, 0.3) is 0 Å². The molecule has 1 heterocycles. The highest BCUT2D eigenvalue weighted by Gasteiger charge is 2.31. The Kier molecular flexibility index (Phi) is 3.51. The van der Waals surface area contributed by atoms with E-state index in [9.17, 15) is 4.79 Å². The number of aliphatic carboxylic acids is 1. The lowest BCUT2D eigenvalue weighted by molar-refractivity contribution is -0.140. The van der Waals surface area contributed by atoms with Crippen LogP contribution in [0.4, 0.5) is 0 Å². The highest BCUT2D eigenvalue weighted by molar-refractivity contribution is 6.01. The molecule has 5 heteroatoms. The minimum atomic E-state index is -0.894. The third-order valence-electron chi connectivity index (χ3n) is 4.19. The molecule has 3 rings (SSSR count). The van der Waals surface area contributed by atoms with Gasteiger partial charge in [0.2, 0.25) is 0 Å². The van der Waals surface area contributed by atoms with Crippen molar-refractivity contribution in [3.8, 4) is 5.75 Å². The van der Waals surface area contributed by atoms with Gasteiger partial charge < -0.3 is 15.3 Å². The van der Waals surface area contributed by atoms with Gasteiger partial charge in [-0.3, -0.25) is 9.69 Å². The third-order valence-corrected chi connectivity index (χ3v) is 4.19. The summed E-state index contributed by atoms with van der Waals surface area (Å²) >= 11 is 0. The molecule has 1 atom stereocenters. The SMILES string of the molecule is COc1ccc2c(c1)C(CN1CCC(=N)C(C(=O)O)C1)=C2. The van der Waals surface area contributed by atoms with Gasteiger partial charge in [-0.05, 0) is 41.3 Å². The van der Waals surface area contributed by atoms with Crippen molar-refractivity contribution < 1.29 is 14.6 Å². The van der Waals surface area contributed by atoms with Crippen molar-refractivity contribution in [3.63, 3.8) is 0 Å². The van der Waals surface area contributed by atoms with Gasteiger partial charge in [-0.15, -0.1) is 0 Å². The van der Waals surface area contributed by atoms with Crippen LogP contribution in [0.25, 0.3) is 11.6 Å². The molecule has 0 saturated carbocycles. The van der Waals surface area contributed by atoms with Gasteiger partial charge in [0, 0.05) is 25.3 Å². The summed E-state index contributed by atoms with van der Waals surface area (Å²) in [5.41, 5.74) is 3.93. The first-order valence-corrected chi connectivity index (χ1v) is 7.00. The van der Waals surface area contributed by atoms with Gasteiger partial charge in [-0.25, -0.2) is 0 Å². The maximum Gasteiger partial charge on any atom is 0.313 e. The van der Waals surface area contributed by atoms with Gasteiger partial charge in [0.15, 0.2) is 0 Å². The molecule has 1 aliphatic carbocycles. The van der Waals surface area contributed by atoms with E-state index in [0.29, 0.717) is 18.7 Å². The minimum Gasteiger partial charge on any atom is -0.497 e. The van der Waals surface area contributed by atoms with Crippen LogP contribution in [0.15, 0.2) is 18.2 Å². The van der Waals surface area contributed by atoms with E-state index in [4.69, 9.17) is 15.3 Å². The molecule has 1 aromatic carbocycles. The summed E-state index contributed by atoms with van der Waals surface area (Å²) in [7, 11) is 1.65. The molecule has 0 amide bonds. The van der Waals surface area contributed by atoms with Crippen LogP contribution in [-0.4, -0.2) is 48.4 Å². The minimum absolute atomic E-state index is 0.336. The molecule has 0 radical (unpaired) electrons. The fraction of sp³-hybridized carbons (Fsp3) is 0.375. The number of ether oxygens (including phenoxy) is 1. The van der Waals surface area contributed by atoms with E-state index in [1.165, 1.54) is 16.7 Å². The first kappa shape index (κ1) is 13.8. The smallest absolute Gasteiger partial charge is 0.313 e. The number of likely N-dealkylation sites (tertiary alicyclic amines) is 1. The lowest BCUT2D eigenvalue weighted by Gasteiger charge is -2.33. The van der Waals surface area contributed by atoms with Crippen LogP contribution in [0.3, 0.4) is 0 Å². The number of nitrogens with one attached hydrogen (secondary N) is 1. The number of carboxylic acids is 1. The second kappa shape index (κ2) is 5.33. The lowest BCUT2D eigenvalue weighted by Crippen LogP contribution is -2.44. The van der Waals surface area contributed by atoms with Gasteiger partial charge in [-0.2, -0.15) is 0 Å². The largest absolute Gasteiger partial charge is 0.497 e. The fourth-order valence-corrected chi connectivity index (χ4v) is 2.91. The highest BCUT2D eigenvalue weighted by Crippen LogP contribution is 2.36. The Labute approximate surface area is 123 Å². The number of benzene rings is 1. The van der Waals surface area contributed by atoms with Crippen molar-refractivity contribution >= 4 is 23.3 Å². The van der Waals surface area contributed by atoms with Crippen molar-refractivity contribution in [1.82, 2.24) is 4.90 Å². The average molecular weight is 286 g/mol. The van der Waals surface area contributed by atoms with Crippen molar-refractivity contribution in [3.05, 3.63) is 29.3 Å². The fourth-order valence-electron chi connectivity index (χ4n) is 2.91. The molecule has 1 aliphatic heterocycles. The van der Waals surface area contributed by atoms with Crippen molar-refractivity contribution in [2.45, 2.75) is 6.42 Å². The van der Waals surface area contributed by atoms with Crippen LogP contribution < -0.4 is 4.74 Å². The summed E-state index contributed by atoms with van der Waals surface area (Å²) in [5.74, 6) is -0.721. The van der Waals surface area contributed by atoms with Gasteiger partial charge in [-0.1, -0.05) is 6.07 Å². The monoisotopic (exact) mass is 286 g/mol. The molecule has 2 aliphatic rings. The van der Waals surface area contributed by atoms with E-state index >= 15 is 0 Å². The van der Waals surface area contributed by atoms with E-state index in [1.54, 1.807) is 7.11 Å². The maximum atomic E-state index is 11.2. The quantitative estimate of drug-likeness (QED) is 0.887. The summed E-state index contributed by atoms with van der Waals surface area (Å²) in [5, 5.41) is 16.9. The molecular weight excluding hydrogens is 268 g/mol. The molecule has 21 heavy (non-hydrogen) atoms. The van der Waals surface area contributed by atoms with E-state index < -0.39 is 11.9 Å². The molecule has 2 N–H and O–H groups in total. The molecule has 0 bridgehead atoms. The van der Waals surface area contributed by atoms with Crippen LogP contribution in [0.2, 0.25) is 0 Å². The normalized spacial score (nSPS) is 21.3. The molecular formula is C16H18N2O3. The number of methoxy groups -OCH3 is 1. The van der Waals surface area contributed by atoms with E-state index in [0.717, 1.165) is 18.8 Å². The predicted octanol–water partition coefficient (Wildman–Crippen LogP) is 1.98. The summed E-state index contributed by atoms with van der Waals surface area (Å²) in [6.45, 7) is 1.90. The van der Waals surface area contributed by atoms with Gasteiger partial charge >= 0.3 is 5.97 Å². The zero-order valence-electron chi connectivity index (χ0n) is 11.9. The molecule has 1 aromatic rings. The second-order valence-corrected chi connectivity index (χ2v) is 5.52. The molecule has 1 saturated heterocycles. The molecule has 0 aromatic heterocycles. The molecule has 0 spiro atoms. The standard InChI is InChI=1S/C16H18N2O3/c1-21-12-3-2-10-6-11(13(10)7-12)8-18-5-4-15(17)14(9-18)16(19)20/h2-3,6-7,14,17H,4-5,8-9H2,1H3,(H,19,20). The van der Waals surface area contributed by atoms with Crippen molar-refractivity contribution in [2.75, 3.05) is 26.7 Å². The van der Waals surface area contributed by atoms with Crippen LogP contribution in [0.1, 0.15) is 17.5 Å². The number of carbonyl (C=O) groups is 1. The van der Waals surface area contributed by atoms with Crippen LogP contribution in [0.5, 0.6) is 5.75 Å². The Morgan fingerprint density at radius 1 is 1.52 bits per heavy atom. The number of piperidine rings is 1. The molecule has 1 fully saturated rings. The summed E-state index contributed by atoms with van der Waals surface area (Å²) in [6, 6.07) is 5.99. The number of rotatable bonds is 4. The van der Waals surface area contributed by atoms with E-state index in [2.05, 4.69) is 11.0 Å². The second-order valence-electron chi connectivity index (χ2n) is 5.52. The number of fused-ring (bicyclic) bond motifs is 1. The predicted molar refractivity (Wildman–Crippen MR) is 80.8 cm³/mol. The van der Waals surface area contributed by atoms with Gasteiger partial charge in [0.05, 0.1) is 7.11 Å². The molecule has 1 unspecified atom stereocenters. The van der Waals surface area contributed by atoms with Crippen LogP contribution in [-0.2, 0) is 4.79 Å². The highest BCUT2D eigenvalue weighted by atomic mass is 16.5. The summed E-state index contributed by atoms with van der Waals surface area (Å²) in [6.07, 6.45) is 2.67. The Morgan fingerprint density at radius 3 is 3.05 bits per heavy atom. The molecule has 5 nitrogen and oxygen atoms in total. The number of carboxylic acid groups (broad SMARTS) is 1. The zero-order chi connectivity index (χ0) is 15.0. The topological polar surface area (TPSA) is 73.6 Å². The summed E-state index contributed by atoms with van der Waals surface area (Å²) < 4.78 is 5.24. The number of nitrogens with zero attached hydrogens (tertiary/aromatic N) is 1. The van der Waals surface area contributed by atoms with E-state index in [1.807, 2.05) is 18.2 Å². The Hall–Kier alpha value is -2.14. The Bertz CT molecular complexity index is 636. The van der Waals surface area contributed by atoms with Crippen LogP contribution in [0, 0.1) is 11.3 Å². The Balaban J connectivity index is 1.68. The van der Waals surface area contributed by atoms with Crippen LogP contribution >= 0.6 is 0 Å². The lowest BCUT2D eigenvalue weighted by atomic mass is 9.87. The maximum absolute atomic E-state index is 11.2. The average Bonchev–Trinajstić information content (AvgIpc) is 2.46. The van der Waals surface area contributed by atoms with E-state index in [-0.39, 0.29) is 0 Å². The first-order valence-electron chi connectivity index (χ1n) is 7.00. The molecule has 110 valence electrons. The number of hydrogen-bond acceptors (Lipinski definition) is 4. The zero-order valence-corrected chi connectivity index (χ0v) is 11.9. The first-order chi connectivity index (χ1) is 10.1. The summed E-state index contributed by atoms with van der Waals surface area (Å²) in [4.78, 5) is 13.3. The third kappa shape index (κ3) is 2.56. The van der Waals surface area contributed by atoms with Gasteiger partial charge in [0.1, 0.15) is 11.7 Å². The Morgan fingerprint density at radius 2 is 2.33 bits per heavy atom. The van der Waals surface area contributed by atoms with Crippen molar-refractivity contribution in [1.29, 1.82) is 5.41 Å². The van der Waals surface area contributed by atoms with Crippen molar-refractivity contribution in [2.24, 2.45) is 5.92 Å².